The lowest BCUT2D eigenvalue weighted by Gasteiger charge is -2.20. The van der Waals surface area contributed by atoms with Crippen LogP contribution >= 0.6 is 0 Å². The number of benzene rings is 4. The lowest BCUT2D eigenvalue weighted by Crippen LogP contribution is -2.37. The van der Waals surface area contributed by atoms with Gasteiger partial charge in [0.1, 0.15) is 12.6 Å². The number of anilines is 1. The molecule has 0 saturated heterocycles. The van der Waals surface area contributed by atoms with Gasteiger partial charge in [-0.2, -0.15) is 0 Å². The van der Waals surface area contributed by atoms with E-state index in [0.29, 0.717) is 24.3 Å². The molecule has 0 unspecified atom stereocenters. The maximum Gasteiger partial charge on any atom is 0.408 e. The van der Waals surface area contributed by atoms with E-state index in [9.17, 15) is 9.59 Å². The molecule has 0 aliphatic rings. The Morgan fingerprint density at radius 3 is 2.18 bits per heavy atom. The van der Waals surface area contributed by atoms with Gasteiger partial charge in [0.05, 0.1) is 0 Å². The molecule has 6 N–H and O–H groups in total. The quantitative estimate of drug-likeness (QED) is 0.242. The summed E-state index contributed by atoms with van der Waals surface area (Å²) < 4.78 is 5.42. The predicted octanol–water partition coefficient (Wildman–Crippen LogP) is 4.92. The second kappa shape index (κ2) is 13.2. The van der Waals surface area contributed by atoms with Crippen molar-refractivity contribution in [2.75, 3.05) is 11.9 Å². The Hall–Kier alpha value is -4.46. The molecular weight excluding hydrogens is 476 g/mol. The van der Waals surface area contributed by atoms with E-state index in [0.717, 1.165) is 34.2 Å². The number of nitrogens with two attached hydrogens (primary N) is 2. The van der Waals surface area contributed by atoms with Crippen molar-refractivity contribution in [1.29, 1.82) is 0 Å². The molecule has 194 valence electrons. The number of amides is 2. The molecule has 7 heteroatoms. The third-order valence-corrected chi connectivity index (χ3v) is 6.08. The molecule has 0 aromatic heterocycles. The second-order valence-corrected chi connectivity index (χ2v) is 8.90. The minimum absolute atomic E-state index is 0.0908. The molecule has 4 aromatic rings. The molecule has 0 fully saturated rings. The molecule has 4 aromatic carbocycles. The number of carbonyl (C=O) groups is 2. The highest BCUT2D eigenvalue weighted by atomic mass is 16.5. The Labute approximate surface area is 222 Å². The van der Waals surface area contributed by atoms with Crippen molar-refractivity contribution in [1.82, 2.24) is 5.32 Å². The minimum Gasteiger partial charge on any atom is -0.445 e. The van der Waals surface area contributed by atoms with E-state index >= 15 is 0 Å². The Bertz CT molecular complexity index is 1370. The highest BCUT2D eigenvalue weighted by Gasteiger charge is 2.24. The van der Waals surface area contributed by atoms with Gasteiger partial charge in [-0.25, -0.2) is 4.79 Å². The molecule has 0 aliphatic carbocycles. The molecule has 0 spiro atoms. The van der Waals surface area contributed by atoms with Crippen LogP contribution in [-0.2, 0) is 29.1 Å². The molecule has 1 atom stereocenters. The Balaban J connectivity index is 1.59. The van der Waals surface area contributed by atoms with Crippen molar-refractivity contribution >= 4 is 17.7 Å². The van der Waals surface area contributed by atoms with Gasteiger partial charge in [0.25, 0.3) is 5.91 Å². The number of carbonyl (C=O) groups excluding carboxylic acids is 2. The molecule has 7 nitrogen and oxygen atoms in total. The average molecular weight is 509 g/mol. The average Bonchev–Trinajstić information content (AvgIpc) is 2.96. The van der Waals surface area contributed by atoms with E-state index < -0.39 is 18.0 Å². The van der Waals surface area contributed by atoms with E-state index in [4.69, 9.17) is 16.2 Å². The summed E-state index contributed by atoms with van der Waals surface area (Å²) in [6.45, 7) is 1.00. The van der Waals surface area contributed by atoms with Crippen LogP contribution < -0.4 is 22.1 Å². The van der Waals surface area contributed by atoms with Crippen molar-refractivity contribution in [3.05, 3.63) is 125 Å². The molecule has 0 bridgehead atoms. The fraction of sp³-hybridized carbons (Fsp3) is 0.161. The summed E-state index contributed by atoms with van der Waals surface area (Å²) in [5.41, 5.74) is 17.5. The predicted molar refractivity (Wildman–Crippen MR) is 150 cm³/mol. The number of ether oxygens (including phenoxy) is 1. The summed E-state index contributed by atoms with van der Waals surface area (Å²) in [5.74, 6) is -0.398. The van der Waals surface area contributed by atoms with E-state index in [2.05, 4.69) is 16.7 Å². The SMILES string of the molecule is NCCc1cccc(-c2cccc([C@@H](NC(=O)OCc3ccccc3)C(=O)Nc3cccc(CN)c3)c2)c1. The molecule has 4 rings (SSSR count). The topological polar surface area (TPSA) is 119 Å². The number of hydrogen-bond acceptors (Lipinski definition) is 5. The van der Waals surface area contributed by atoms with Gasteiger partial charge in [-0.3, -0.25) is 4.79 Å². The summed E-state index contributed by atoms with van der Waals surface area (Å²) in [6, 6.07) is 31.3. The fourth-order valence-electron chi connectivity index (χ4n) is 4.14. The minimum atomic E-state index is -0.994. The van der Waals surface area contributed by atoms with Crippen molar-refractivity contribution in [2.45, 2.75) is 25.6 Å². The van der Waals surface area contributed by atoms with Crippen molar-refractivity contribution < 1.29 is 14.3 Å². The monoisotopic (exact) mass is 508 g/mol. The largest absolute Gasteiger partial charge is 0.445 e. The van der Waals surface area contributed by atoms with Crippen molar-refractivity contribution in [2.24, 2.45) is 11.5 Å². The number of nitrogens with one attached hydrogen (secondary N) is 2. The van der Waals surface area contributed by atoms with Gasteiger partial charge in [0.2, 0.25) is 0 Å². The van der Waals surface area contributed by atoms with Crippen LogP contribution in [0.5, 0.6) is 0 Å². The lowest BCUT2D eigenvalue weighted by molar-refractivity contribution is -0.118. The van der Waals surface area contributed by atoms with E-state index in [1.165, 1.54) is 0 Å². The molecule has 38 heavy (non-hydrogen) atoms. The van der Waals surface area contributed by atoms with Gasteiger partial charge in [0.15, 0.2) is 0 Å². The zero-order valence-corrected chi connectivity index (χ0v) is 21.1. The summed E-state index contributed by atoms with van der Waals surface area (Å²) in [5, 5.41) is 5.65. The molecule has 0 heterocycles. The Morgan fingerprint density at radius 1 is 0.737 bits per heavy atom. The molecule has 2 amide bonds. The molecule has 0 radical (unpaired) electrons. The summed E-state index contributed by atoms with van der Waals surface area (Å²) in [6.07, 6.45) is 0.0787. The first kappa shape index (κ1) is 26.6. The number of hydrogen-bond donors (Lipinski definition) is 4. The highest BCUT2D eigenvalue weighted by Crippen LogP contribution is 2.26. The van der Waals surface area contributed by atoms with Crippen LogP contribution in [0.15, 0.2) is 103 Å². The lowest BCUT2D eigenvalue weighted by atomic mass is 9.97. The van der Waals surface area contributed by atoms with Gasteiger partial charge in [-0.05, 0) is 64.5 Å². The first-order valence-corrected chi connectivity index (χ1v) is 12.5. The molecular formula is C31H32N4O3. The van der Waals surface area contributed by atoms with Crippen LogP contribution in [-0.4, -0.2) is 18.5 Å². The number of alkyl carbamates (subject to hydrolysis) is 1. The summed E-state index contributed by atoms with van der Waals surface area (Å²) in [7, 11) is 0. The third kappa shape index (κ3) is 7.29. The normalized spacial score (nSPS) is 11.4. The van der Waals surface area contributed by atoms with Gasteiger partial charge in [-0.1, -0.05) is 84.9 Å². The second-order valence-electron chi connectivity index (χ2n) is 8.90. The fourth-order valence-corrected chi connectivity index (χ4v) is 4.14. The third-order valence-electron chi connectivity index (χ3n) is 6.08. The van der Waals surface area contributed by atoms with E-state index in [1.54, 1.807) is 6.07 Å². The Kier molecular flexibility index (Phi) is 9.23. The maximum absolute atomic E-state index is 13.5. The summed E-state index contributed by atoms with van der Waals surface area (Å²) in [4.78, 5) is 26.3. The summed E-state index contributed by atoms with van der Waals surface area (Å²) >= 11 is 0. The van der Waals surface area contributed by atoms with Crippen LogP contribution in [0.4, 0.5) is 10.5 Å². The number of rotatable bonds is 10. The van der Waals surface area contributed by atoms with Crippen LogP contribution in [0.2, 0.25) is 0 Å². The smallest absolute Gasteiger partial charge is 0.408 e. The van der Waals surface area contributed by atoms with Gasteiger partial charge < -0.3 is 26.8 Å². The van der Waals surface area contributed by atoms with Gasteiger partial charge in [0, 0.05) is 12.2 Å². The zero-order chi connectivity index (χ0) is 26.7. The molecule has 0 saturated carbocycles. The van der Waals surface area contributed by atoms with Crippen molar-refractivity contribution in [3.63, 3.8) is 0 Å². The first-order valence-electron chi connectivity index (χ1n) is 12.5. The Morgan fingerprint density at radius 2 is 1.42 bits per heavy atom. The van der Waals surface area contributed by atoms with Crippen LogP contribution in [0.1, 0.15) is 28.3 Å². The standard InChI is InChI=1S/C31H32N4O3/c32-16-15-22-9-4-11-25(17-22)26-12-6-13-27(19-26)29(30(36)34-28-14-5-10-24(18-28)20-33)35-31(37)38-21-23-7-2-1-3-8-23/h1-14,17-19,29H,15-16,20-21,32-33H2,(H,34,36)(H,35,37)/t29-/m1/s1. The maximum atomic E-state index is 13.5. The van der Waals surface area contributed by atoms with Crippen LogP contribution in [0, 0.1) is 0 Å². The molecule has 0 aliphatic heterocycles. The first-order chi connectivity index (χ1) is 18.6. The zero-order valence-electron chi connectivity index (χ0n) is 21.1. The highest BCUT2D eigenvalue weighted by molar-refractivity contribution is 5.97. The van der Waals surface area contributed by atoms with E-state index in [1.807, 2.05) is 91.0 Å². The van der Waals surface area contributed by atoms with Gasteiger partial charge >= 0.3 is 6.09 Å². The van der Waals surface area contributed by atoms with Crippen LogP contribution in [0.25, 0.3) is 11.1 Å². The van der Waals surface area contributed by atoms with Crippen LogP contribution in [0.3, 0.4) is 0 Å². The van der Waals surface area contributed by atoms with Gasteiger partial charge in [-0.15, -0.1) is 0 Å². The van der Waals surface area contributed by atoms with E-state index in [-0.39, 0.29) is 6.61 Å². The van der Waals surface area contributed by atoms with Crippen molar-refractivity contribution in [3.8, 4) is 11.1 Å².